The van der Waals surface area contributed by atoms with E-state index in [0.717, 1.165) is 55.6 Å². The molecule has 3 rings (SSSR count). The molecule has 1 aliphatic heterocycles. The summed E-state index contributed by atoms with van der Waals surface area (Å²) in [4.78, 5) is 11.2. The van der Waals surface area contributed by atoms with Gasteiger partial charge in [-0.05, 0) is 37.6 Å². The Bertz CT molecular complexity index is 781. The number of aliphatic imine (C=N–C) groups is 1. The van der Waals surface area contributed by atoms with Gasteiger partial charge in [0.25, 0.3) is 0 Å². The zero-order valence-corrected chi connectivity index (χ0v) is 19.1. The van der Waals surface area contributed by atoms with Crippen LogP contribution in [0, 0.1) is 0 Å². The number of hydrogen-bond donors (Lipinski definition) is 2. The smallest absolute Gasteiger partial charge is 0.191 e. The van der Waals surface area contributed by atoms with Crippen molar-refractivity contribution in [2.75, 3.05) is 31.1 Å². The number of nitrogens with one attached hydrogen (secondary N) is 2. The van der Waals surface area contributed by atoms with Crippen LogP contribution in [-0.4, -0.2) is 43.2 Å². The molecule has 1 aliphatic rings. The molecule has 0 radical (unpaired) electrons. The number of pyridine rings is 1. The maximum absolute atomic E-state index is 6.28. The molecule has 1 atom stereocenters. The molecule has 1 unspecified atom stereocenters. The molecule has 1 fully saturated rings. The van der Waals surface area contributed by atoms with Crippen molar-refractivity contribution >= 4 is 47.4 Å². The lowest BCUT2D eigenvalue weighted by Crippen LogP contribution is -2.45. The third-order valence-electron chi connectivity index (χ3n) is 4.32. The van der Waals surface area contributed by atoms with Gasteiger partial charge in [-0.3, -0.25) is 0 Å². The van der Waals surface area contributed by atoms with Crippen LogP contribution >= 0.6 is 35.6 Å². The fourth-order valence-corrected chi connectivity index (χ4v) is 3.24. The second-order valence-electron chi connectivity index (χ2n) is 6.76. The number of halogens is 2. The van der Waals surface area contributed by atoms with Crippen molar-refractivity contribution in [3.8, 4) is 0 Å². The van der Waals surface area contributed by atoms with Crippen LogP contribution in [0.2, 0.25) is 5.02 Å². The van der Waals surface area contributed by atoms with Gasteiger partial charge in [0.05, 0.1) is 17.8 Å². The summed E-state index contributed by atoms with van der Waals surface area (Å²) < 4.78 is 5.38. The lowest BCUT2D eigenvalue weighted by molar-refractivity contribution is 0.506. The fourth-order valence-electron chi connectivity index (χ4n) is 3.00. The first kappa shape index (κ1) is 22.5. The molecule has 0 spiro atoms. The largest absolute Gasteiger partial charge is 0.469 e. The highest BCUT2D eigenvalue weighted by molar-refractivity contribution is 14.0. The molecule has 28 heavy (non-hydrogen) atoms. The first-order valence-corrected chi connectivity index (χ1v) is 9.56. The third-order valence-corrected chi connectivity index (χ3v) is 4.61. The number of guanidine groups is 1. The number of anilines is 1. The van der Waals surface area contributed by atoms with Crippen LogP contribution in [0.3, 0.4) is 0 Å². The second kappa shape index (κ2) is 11.3. The second-order valence-corrected chi connectivity index (χ2v) is 7.17. The van der Waals surface area contributed by atoms with Crippen LogP contribution in [0.25, 0.3) is 0 Å². The summed E-state index contributed by atoms with van der Waals surface area (Å²) in [5.41, 5.74) is 1.02. The predicted octanol–water partition coefficient (Wildman–Crippen LogP) is 3.88. The quantitative estimate of drug-likeness (QED) is 0.254. The van der Waals surface area contributed by atoms with E-state index in [1.807, 2.05) is 31.2 Å². The van der Waals surface area contributed by atoms with Crippen LogP contribution < -0.4 is 15.5 Å². The molecule has 1 saturated heterocycles. The van der Waals surface area contributed by atoms with Crippen molar-refractivity contribution in [1.82, 2.24) is 15.6 Å². The highest BCUT2D eigenvalue weighted by Gasteiger charge is 2.25. The Balaban J connectivity index is 0.00000280. The topological polar surface area (TPSA) is 65.7 Å². The predicted molar refractivity (Wildman–Crippen MR) is 126 cm³/mol. The molecule has 2 N–H and O–H groups in total. The normalized spacial score (nSPS) is 16.6. The van der Waals surface area contributed by atoms with Gasteiger partial charge in [0, 0.05) is 38.3 Å². The first-order chi connectivity index (χ1) is 13.1. The average Bonchev–Trinajstić information content (AvgIpc) is 3.32. The summed E-state index contributed by atoms with van der Waals surface area (Å²) in [6.45, 7) is 9.00. The van der Waals surface area contributed by atoms with E-state index in [2.05, 4.69) is 32.1 Å². The van der Waals surface area contributed by atoms with E-state index in [1.165, 1.54) is 0 Å². The van der Waals surface area contributed by atoms with E-state index < -0.39 is 0 Å². The Morgan fingerprint density at radius 1 is 1.43 bits per heavy atom. The zero-order chi connectivity index (χ0) is 19.1. The van der Waals surface area contributed by atoms with Gasteiger partial charge in [-0.2, -0.15) is 0 Å². The minimum absolute atomic E-state index is 0. The standard InChI is InChI=1S/C20H26ClN5O.HI/c1-15(2)13-24-20(23-10-7-17-5-4-12-27-17)25-16-8-11-26(14-16)19-18(21)6-3-9-22-19;/h3-6,9,12,16H,1,7-8,10-11,13-14H2,2H3,(H2,23,24,25);1H. The van der Waals surface area contributed by atoms with Crippen LogP contribution in [0.5, 0.6) is 0 Å². The molecule has 0 saturated carbocycles. The lowest BCUT2D eigenvalue weighted by Gasteiger charge is -2.20. The molecule has 0 amide bonds. The van der Waals surface area contributed by atoms with Crippen molar-refractivity contribution in [2.45, 2.75) is 25.8 Å². The Morgan fingerprint density at radius 2 is 2.29 bits per heavy atom. The van der Waals surface area contributed by atoms with Crippen LogP contribution in [0.4, 0.5) is 5.82 Å². The number of nitrogens with zero attached hydrogens (tertiary/aromatic N) is 3. The Kier molecular flexibility index (Phi) is 9.11. The fraction of sp³-hybridized carbons (Fsp3) is 0.400. The van der Waals surface area contributed by atoms with E-state index in [9.17, 15) is 0 Å². The highest BCUT2D eigenvalue weighted by atomic mass is 127. The Morgan fingerprint density at radius 3 is 3.00 bits per heavy atom. The molecule has 152 valence electrons. The van der Waals surface area contributed by atoms with Crippen molar-refractivity contribution < 1.29 is 4.42 Å². The SMILES string of the molecule is C=C(C)CN=C(NCCc1ccco1)NC1CCN(c2ncccc2Cl)C1.I. The van der Waals surface area contributed by atoms with Gasteiger partial charge >= 0.3 is 0 Å². The van der Waals surface area contributed by atoms with Gasteiger partial charge < -0.3 is 20.0 Å². The van der Waals surface area contributed by atoms with Gasteiger partial charge in [0.15, 0.2) is 5.96 Å². The highest BCUT2D eigenvalue weighted by Crippen LogP contribution is 2.25. The molecule has 0 aliphatic carbocycles. The Hall–Kier alpha value is -1.74. The van der Waals surface area contributed by atoms with Crippen molar-refractivity contribution in [3.63, 3.8) is 0 Å². The number of furan rings is 1. The molecule has 0 aromatic carbocycles. The van der Waals surface area contributed by atoms with Crippen LogP contribution in [-0.2, 0) is 6.42 Å². The summed E-state index contributed by atoms with van der Waals surface area (Å²) in [6.07, 6.45) is 5.28. The summed E-state index contributed by atoms with van der Waals surface area (Å²) in [5.74, 6) is 2.59. The monoisotopic (exact) mass is 515 g/mol. The van der Waals surface area contributed by atoms with Crippen molar-refractivity contribution in [1.29, 1.82) is 0 Å². The van der Waals surface area contributed by atoms with E-state index >= 15 is 0 Å². The lowest BCUT2D eigenvalue weighted by atomic mass is 10.2. The van der Waals surface area contributed by atoms with E-state index in [1.54, 1.807) is 12.5 Å². The third kappa shape index (κ3) is 6.70. The molecule has 2 aromatic rings. The molecule has 6 nitrogen and oxygen atoms in total. The number of aromatic nitrogens is 1. The summed E-state index contributed by atoms with van der Waals surface area (Å²) >= 11 is 6.28. The van der Waals surface area contributed by atoms with Gasteiger partial charge in [0.2, 0.25) is 0 Å². The molecule has 0 bridgehead atoms. The number of rotatable bonds is 7. The summed E-state index contributed by atoms with van der Waals surface area (Å²) in [6, 6.07) is 7.89. The summed E-state index contributed by atoms with van der Waals surface area (Å²) in [5, 5.41) is 7.60. The molecular weight excluding hydrogens is 489 g/mol. The van der Waals surface area contributed by atoms with E-state index in [0.29, 0.717) is 11.6 Å². The summed E-state index contributed by atoms with van der Waals surface area (Å²) in [7, 11) is 0. The maximum Gasteiger partial charge on any atom is 0.191 e. The zero-order valence-electron chi connectivity index (χ0n) is 16.0. The average molecular weight is 516 g/mol. The van der Waals surface area contributed by atoms with Gasteiger partial charge in [0.1, 0.15) is 11.6 Å². The van der Waals surface area contributed by atoms with Crippen molar-refractivity contribution in [2.24, 2.45) is 4.99 Å². The molecular formula is C20H27ClIN5O. The van der Waals surface area contributed by atoms with Crippen LogP contribution in [0.1, 0.15) is 19.1 Å². The maximum atomic E-state index is 6.28. The van der Waals surface area contributed by atoms with Gasteiger partial charge in [-0.25, -0.2) is 9.98 Å². The van der Waals surface area contributed by atoms with Gasteiger partial charge in [-0.15, -0.1) is 24.0 Å². The molecule has 3 heterocycles. The Labute approximate surface area is 188 Å². The van der Waals surface area contributed by atoms with Crippen LogP contribution in [0.15, 0.2) is 58.3 Å². The van der Waals surface area contributed by atoms with E-state index in [-0.39, 0.29) is 30.0 Å². The minimum atomic E-state index is 0. The van der Waals surface area contributed by atoms with E-state index in [4.69, 9.17) is 16.0 Å². The number of hydrogen-bond acceptors (Lipinski definition) is 4. The molecule has 8 heteroatoms. The first-order valence-electron chi connectivity index (χ1n) is 9.19. The van der Waals surface area contributed by atoms with Crippen molar-refractivity contribution in [3.05, 3.63) is 59.7 Å². The minimum Gasteiger partial charge on any atom is -0.469 e. The van der Waals surface area contributed by atoms with Gasteiger partial charge in [-0.1, -0.05) is 23.8 Å². The molecule has 2 aromatic heterocycles.